The van der Waals surface area contributed by atoms with Crippen LogP contribution in [0.15, 0.2) is 81.5 Å². The Balaban J connectivity index is 2.30. The molecule has 0 radical (unpaired) electrons. The molecule has 1 heterocycles. The van der Waals surface area contributed by atoms with Gasteiger partial charge in [-0.15, -0.1) is 30.1 Å². The van der Waals surface area contributed by atoms with Gasteiger partial charge in [0.2, 0.25) is 0 Å². The Bertz CT molecular complexity index is 1040. The molecule has 0 saturated carbocycles. The van der Waals surface area contributed by atoms with E-state index in [1.165, 1.54) is 27.8 Å². The number of sulfonamides is 1. The molecule has 0 bridgehead atoms. The Hall–Kier alpha value is -1.67. The fraction of sp³-hybridized carbons (Fsp3) is 0.273. The van der Waals surface area contributed by atoms with E-state index < -0.39 is 15.6 Å². The van der Waals surface area contributed by atoms with Crippen molar-refractivity contribution < 1.29 is 13.5 Å². The van der Waals surface area contributed by atoms with Crippen LogP contribution in [0.25, 0.3) is 0 Å². The Labute approximate surface area is 181 Å². The molecule has 0 aliphatic carbocycles. The highest BCUT2D eigenvalue weighted by molar-refractivity contribution is 8.21. The first-order valence-corrected chi connectivity index (χ1v) is 13.0. The number of rotatable bonds is 6. The molecule has 3 rings (SSSR count). The minimum Gasteiger partial charge on any atom is -0.380 e. The molecule has 0 aromatic heterocycles. The number of hydrogen-bond donors (Lipinski definition) is 1. The summed E-state index contributed by atoms with van der Waals surface area (Å²) >= 11 is 3.04. The molecular formula is C22H25NO3S3. The van der Waals surface area contributed by atoms with Gasteiger partial charge in [-0.2, -0.15) is 0 Å². The van der Waals surface area contributed by atoms with Crippen LogP contribution in [0.2, 0.25) is 0 Å². The molecule has 0 amide bonds. The molecule has 29 heavy (non-hydrogen) atoms. The van der Waals surface area contributed by atoms with Crippen molar-refractivity contribution in [1.29, 1.82) is 0 Å². The van der Waals surface area contributed by atoms with Crippen molar-refractivity contribution in [3.63, 3.8) is 0 Å². The van der Waals surface area contributed by atoms with Crippen molar-refractivity contribution in [3.8, 4) is 0 Å². The normalized spacial score (nSPS) is 19.0. The van der Waals surface area contributed by atoms with Crippen LogP contribution in [0.1, 0.15) is 18.9 Å². The molecule has 1 aliphatic heterocycles. The third-order valence-electron chi connectivity index (χ3n) is 4.93. The second-order valence-corrected chi connectivity index (χ2v) is 10.8. The fourth-order valence-corrected chi connectivity index (χ4v) is 6.80. The van der Waals surface area contributed by atoms with Gasteiger partial charge in [0.1, 0.15) is 5.60 Å². The van der Waals surface area contributed by atoms with Crippen LogP contribution in [0, 0.1) is 0 Å². The van der Waals surface area contributed by atoms with E-state index in [9.17, 15) is 13.5 Å². The number of thioether (sulfide) groups is 2. The Morgan fingerprint density at radius 2 is 1.69 bits per heavy atom. The summed E-state index contributed by atoms with van der Waals surface area (Å²) in [4.78, 5) is 0.231. The Morgan fingerprint density at radius 3 is 2.28 bits per heavy atom. The highest BCUT2D eigenvalue weighted by Crippen LogP contribution is 2.50. The third kappa shape index (κ3) is 4.01. The number of fused-ring (bicyclic) bond motifs is 1. The number of aliphatic hydroxyl groups is 1. The molecule has 0 saturated heterocycles. The Morgan fingerprint density at radius 1 is 1.10 bits per heavy atom. The molecule has 2 aromatic carbocycles. The van der Waals surface area contributed by atoms with Gasteiger partial charge in [0, 0.05) is 21.8 Å². The largest absolute Gasteiger partial charge is 0.380 e. The molecule has 154 valence electrons. The number of benzene rings is 2. The van der Waals surface area contributed by atoms with Gasteiger partial charge in [-0.05, 0) is 37.6 Å². The molecule has 0 spiro atoms. The SMILES string of the molecule is C=C(C)CC1(O)C(=C(SC)SC)CN(S(=O)(=O)c2ccccc2)c2ccccc21. The maximum absolute atomic E-state index is 13.5. The summed E-state index contributed by atoms with van der Waals surface area (Å²) in [6.45, 7) is 5.97. The van der Waals surface area contributed by atoms with E-state index in [1.807, 2.05) is 31.6 Å². The van der Waals surface area contributed by atoms with E-state index in [1.54, 1.807) is 42.5 Å². The van der Waals surface area contributed by atoms with Crippen LogP contribution in [0.4, 0.5) is 5.69 Å². The highest BCUT2D eigenvalue weighted by atomic mass is 32.2. The second kappa shape index (κ2) is 8.60. The number of nitrogens with zero attached hydrogens (tertiary/aromatic N) is 1. The van der Waals surface area contributed by atoms with Gasteiger partial charge < -0.3 is 5.11 Å². The quantitative estimate of drug-likeness (QED) is 0.633. The summed E-state index contributed by atoms with van der Waals surface area (Å²) in [5.74, 6) is 0. The smallest absolute Gasteiger partial charge is 0.264 e. The van der Waals surface area contributed by atoms with E-state index in [0.717, 1.165) is 9.81 Å². The van der Waals surface area contributed by atoms with Crippen LogP contribution in [-0.2, 0) is 15.6 Å². The summed E-state index contributed by atoms with van der Waals surface area (Å²) in [5.41, 5.74) is 1.32. The predicted molar refractivity (Wildman–Crippen MR) is 125 cm³/mol. The first-order valence-electron chi connectivity index (χ1n) is 9.11. The van der Waals surface area contributed by atoms with Gasteiger partial charge in [-0.3, -0.25) is 4.31 Å². The minimum absolute atomic E-state index is 0.0923. The van der Waals surface area contributed by atoms with Crippen LogP contribution in [0.5, 0.6) is 0 Å². The molecule has 1 N–H and O–H groups in total. The predicted octanol–water partition coefficient (Wildman–Crippen LogP) is 4.99. The van der Waals surface area contributed by atoms with Crippen LogP contribution in [0.3, 0.4) is 0 Å². The van der Waals surface area contributed by atoms with Crippen molar-refractivity contribution >= 4 is 39.2 Å². The minimum atomic E-state index is -3.79. The summed E-state index contributed by atoms with van der Waals surface area (Å²) < 4.78 is 29.4. The maximum atomic E-state index is 13.5. The van der Waals surface area contributed by atoms with Gasteiger partial charge in [0.15, 0.2) is 0 Å². The molecular weight excluding hydrogens is 422 g/mol. The van der Waals surface area contributed by atoms with Crippen molar-refractivity contribution in [2.45, 2.75) is 23.8 Å². The van der Waals surface area contributed by atoms with E-state index in [0.29, 0.717) is 23.2 Å². The fourth-order valence-electron chi connectivity index (χ4n) is 3.70. The zero-order chi connectivity index (χ0) is 21.2. The number of anilines is 1. The van der Waals surface area contributed by atoms with Gasteiger partial charge in [0.05, 0.1) is 17.1 Å². The molecule has 0 fully saturated rings. The molecule has 1 unspecified atom stereocenters. The van der Waals surface area contributed by atoms with Crippen molar-refractivity contribution in [1.82, 2.24) is 0 Å². The molecule has 4 nitrogen and oxygen atoms in total. The monoisotopic (exact) mass is 447 g/mol. The average molecular weight is 448 g/mol. The van der Waals surface area contributed by atoms with Crippen LogP contribution < -0.4 is 4.31 Å². The zero-order valence-electron chi connectivity index (χ0n) is 16.8. The summed E-state index contributed by atoms with van der Waals surface area (Å²) in [6.07, 6.45) is 4.22. The van der Waals surface area contributed by atoms with Gasteiger partial charge in [0.25, 0.3) is 10.0 Å². The summed E-state index contributed by atoms with van der Waals surface area (Å²) in [7, 11) is -3.79. The average Bonchev–Trinajstić information content (AvgIpc) is 2.70. The number of hydrogen-bond acceptors (Lipinski definition) is 5. The van der Waals surface area contributed by atoms with E-state index in [4.69, 9.17) is 0 Å². The summed E-state index contributed by atoms with van der Waals surface area (Å²) in [5, 5.41) is 11.9. The molecule has 2 aromatic rings. The van der Waals surface area contributed by atoms with E-state index >= 15 is 0 Å². The van der Waals surface area contributed by atoms with Gasteiger partial charge in [-0.1, -0.05) is 42.0 Å². The third-order valence-corrected chi connectivity index (χ3v) is 8.93. The maximum Gasteiger partial charge on any atom is 0.264 e. The van der Waals surface area contributed by atoms with Crippen molar-refractivity contribution in [3.05, 3.63) is 82.1 Å². The van der Waals surface area contributed by atoms with E-state index in [2.05, 4.69) is 6.58 Å². The first-order chi connectivity index (χ1) is 13.8. The standard InChI is InChI=1S/C22H25NO3S3/c1-16(2)14-22(24)18-12-8-9-13-20(18)23(15-19(22)21(27-3)28-4)29(25,26)17-10-6-5-7-11-17/h5-13,24H,1,14-15H2,2-4H3. The first kappa shape index (κ1) is 22.0. The lowest BCUT2D eigenvalue weighted by molar-refractivity contribution is 0.0731. The van der Waals surface area contributed by atoms with Crippen molar-refractivity contribution in [2.75, 3.05) is 23.4 Å². The Kier molecular flexibility index (Phi) is 6.53. The lowest BCUT2D eigenvalue weighted by atomic mass is 9.78. The van der Waals surface area contributed by atoms with Crippen LogP contribution >= 0.6 is 23.5 Å². The molecule has 1 atom stereocenters. The highest BCUT2D eigenvalue weighted by Gasteiger charge is 2.45. The van der Waals surface area contributed by atoms with E-state index in [-0.39, 0.29) is 11.4 Å². The lowest BCUT2D eigenvalue weighted by Gasteiger charge is -2.43. The molecule has 1 aliphatic rings. The van der Waals surface area contributed by atoms with Crippen LogP contribution in [-0.4, -0.2) is 32.6 Å². The lowest BCUT2D eigenvalue weighted by Crippen LogP contribution is -2.45. The molecule has 7 heteroatoms. The zero-order valence-corrected chi connectivity index (χ0v) is 19.2. The van der Waals surface area contributed by atoms with Gasteiger partial charge in [-0.25, -0.2) is 8.42 Å². The topological polar surface area (TPSA) is 57.6 Å². The van der Waals surface area contributed by atoms with Gasteiger partial charge >= 0.3 is 0 Å². The number of para-hydroxylation sites is 1. The summed E-state index contributed by atoms with van der Waals surface area (Å²) in [6, 6.07) is 15.6. The second-order valence-electron chi connectivity index (χ2n) is 7.01. The van der Waals surface area contributed by atoms with Crippen molar-refractivity contribution in [2.24, 2.45) is 0 Å².